The minimum Gasteiger partial charge on any atom is -0.388 e. The van der Waals surface area contributed by atoms with Crippen LogP contribution in [0, 0.1) is 11.8 Å². The maximum atomic E-state index is 13.9. The van der Waals surface area contributed by atoms with Crippen LogP contribution in [0.15, 0.2) is 29.2 Å². The second kappa shape index (κ2) is 15.2. The Bertz CT molecular complexity index is 970. The summed E-state index contributed by atoms with van der Waals surface area (Å²) >= 11 is 2.85. The highest BCUT2D eigenvalue weighted by Crippen LogP contribution is 2.35. The monoisotopic (exact) mass is 611 g/mol. The van der Waals surface area contributed by atoms with Crippen LogP contribution < -0.4 is 10.6 Å². The van der Waals surface area contributed by atoms with E-state index >= 15 is 0 Å². The molecule has 3 heterocycles. The van der Waals surface area contributed by atoms with Crippen molar-refractivity contribution >= 4 is 29.4 Å². The molecule has 0 aliphatic carbocycles. The number of ether oxygens (including phenoxy) is 2. The van der Waals surface area contributed by atoms with Crippen LogP contribution >= 0.6 is 23.5 Å². The summed E-state index contributed by atoms with van der Waals surface area (Å²) in [6.07, 6.45) is 1.10. The van der Waals surface area contributed by atoms with E-state index in [4.69, 9.17) is 9.47 Å². The molecule has 0 radical (unpaired) electrons. The first-order chi connectivity index (χ1) is 19.6. The molecule has 0 spiro atoms. The van der Waals surface area contributed by atoms with Crippen molar-refractivity contribution in [2.24, 2.45) is 11.8 Å². The molecule has 4 rings (SSSR count). The lowest BCUT2D eigenvalue weighted by atomic mass is 9.87. The summed E-state index contributed by atoms with van der Waals surface area (Å²) in [6, 6.07) is 7.18. The molecule has 1 aromatic rings. The standard InChI is InChI=1S/C30H49N3O6S2/c1-6-7-18-12-13-38-27-20(14-18)15-31-23(27)29(37)32-22(28-25(35)24(34)26(36)30(39-28)40-5)17(2)41-21-10-8-19(9-11-21)16-33(3)4/h8-11,17-18,20,22-28,30-31,34-36H,6-7,12-16H2,1-5H3,(H,32,37)/t17-,18+,20-,22+,23-,24?,25?,26?,27+,28?,30?/m0/s1. The first kappa shape index (κ1) is 33.0. The molecule has 11 heteroatoms. The van der Waals surface area contributed by atoms with E-state index in [1.54, 1.807) is 18.0 Å². The van der Waals surface area contributed by atoms with Crippen LogP contribution in [0.4, 0.5) is 0 Å². The molecule has 3 aliphatic heterocycles. The fourth-order valence-corrected chi connectivity index (χ4v) is 8.25. The third-order valence-corrected chi connectivity index (χ3v) is 10.7. The van der Waals surface area contributed by atoms with Gasteiger partial charge in [0.25, 0.3) is 0 Å². The Balaban J connectivity index is 1.52. The fourth-order valence-electron chi connectivity index (χ4n) is 6.47. The van der Waals surface area contributed by atoms with Gasteiger partial charge in [-0.05, 0) is 62.7 Å². The van der Waals surface area contributed by atoms with E-state index in [1.807, 2.05) is 21.0 Å². The normalized spacial score (nSPS) is 35.5. The summed E-state index contributed by atoms with van der Waals surface area (Å²) in [4.78, 5) is 17.0. The summed E-state index contributed by atoms with van der Waals surface area (Å²) < 4.78 is 12.4. The second-order valence-electron chi connectivity index (χ2n) is 12.1. The molecule has 1 amide bonds. The number of thioether (sulfide) groups is 2. The number of nitrogens with zero attached hydrogens (tertiary/aromatic N) is 1. The van der Waals surface area contributed by atoms with Gasteiger partial charge in [-0.25, -0.2) is 0 Å². The summed E-state index contributed by atoms with van der Waals surface area (Å²) in [6.45, 7) is 6.44. The molecular formula is C30H49N3O6S2. The number of nitrogens with one attached hydrogen (secondary N) is 2. The number of carbonyl (C=O) groups is 1. The molecule has 5 N–H and O–H groups in total. The van der Waals surface area contributed by atoms with Crippen LogP contribution in [0.1, 0.15) is 45.1 Å². The minimum atomic E-state index is -1.39. The van der Waals surface area contributed by atoms with E-state index in [0.717, 1.165) is 37.2 Å². The van der Waals surface area contributed by atoms with Gasteiger partial charge >= 0.3 is 0 Å². The predicted molar refractivity (Wildman–Crippen MR) is 164 cm³/mol. The van der Waals surface area contributed by atoms with Gasteiger partial charge in [0.1, 0.15) is 35.9 Å². The van der Waals surface area contributed by atoms with Crippen molar-refractivity contribution in [1.29, 1.82) is 0 Å². The first-order valence-corrected chi connectivity index (χ1v) is 17.1. The highest BCUT2D eigenvalue weighted by molar-refractivity contribution is 8.00. The SMILES string of the molecule is CCC[C@@H]1CCO[C@@H]2[C@H](CN[C@@H]2C(=O)N[C@@H](C2OC(SC)C(O)C(O)C2O)[C@H](C)Sc2ccc(CN(C)C)cc2)C1. The van der Waals surface area contributed by atoms with Gasteiger partial charge in [-0.2, -0.15) is 0 Å². The molecule has 3 saturated heterocycles. The molecule has 5 unspecified atom stereocenters. The summed E-state index contributed by atoms with van der Waals surface area (Å²) in [5.74, 6) is 0.710. The van der Waals surface area contributed by atoms with Gasteiger partial charge in [-0.1, -0.05) is 38.8 Å². The number of hydrogen-bond acceptors (Lipinski definition) is 10. The third-order valence-electron chi connectivity index (χ3n) is 8.60. The number of aliphatic hydroxyl groups excluding tert-OH is 3. The van der Waals surface area contributed by atoms with Crippen LogP contribution in [-0.4, -0.2) is 113 Å². The van der Waals surface area contributed by atoms with Crippen molar-refractivity contribution in [2.75, 3.05) is 33.5 Å². The van der Waals surface area contributed by atoms with Crippen molar-refractivity contribution in [3.63, 3.8) is 0 Å². The van der Waals surface area contributed by atoms with Gasteiger partial charge in [0.2, 0.25) is 5.91 Å². The number of benzene rings is 1. The fraction of sp³-hybridized carbons (Fsp3) is 0.767. The maximum absolute atomic E-state index is 13.9. The molecule has 0 aromatic heterocycles. The van der Waals surface area contributed by atoms with Crippen molar-refractivity contribution < 1.29 is 29.6 Å². The van der Waals surface area contributed by atoms with Gasteiger partial charge in [0.15, 0.2) is 0 Å². The first-order valence-electron chi connectivity index (χ1n) is 14.9. The van der Waals surface area contributed by atoms with Crippen LogP contribution in [0.2, 0.25) is 0 Å². The molecule has 232 valence electrons. The molecule has 3 aliphatic rings. The predicted octanol–water partition coefficient (Wildman–Crippen LogP) is 2.07. The number of fused-ring (bicyclic) bond motifs is 1. The second-order valence-corrected chi connectivity index (χ2v) is 14.5. The van der Waals surface area contributed by atoms with E-state index in [1.165, 1.54) is 23.7 Å². The van der Waals surface area contributed by atoms with E-state index < -0.39 is 41.9 Å². The number of amides is 1. The number of aliphatic hydroxyl groups is 3. The van der Waals surface area contributed by atoms with Crippen LogP contribution in [0.5, 0.6) is 0 Å². The lowest BCUT2D eigenvalue weighted by molar-refractivity contribution is -0.205. The van der Waals surface area contributed by atoms with E-state index in [-0.39, 0.29) is 23.2 Å². The van der Waals surface area contributed by atoms with Crippen molar-refractivity contribution in [2.45, 2.75) is 104 Å². The lowest BCUT2D eigenvalue weighted by Crippen LogP contribution is -2.65. The highest BCUT2D eigenvalue weighted by Gasteiger charge is 2.50. The Kier molecular flexibility index (Phi) is 12.2. The van der Waals surface area contributed by atoms with Crippen molar-refractivity contribution in [3.05, 3.63) is 29.8 Å². The van der Waals surface area contributed by atoms with Gasteiger partial charge in [-0.3, -0.25) is 4.79 Å². The lowest BCUT2D eigenvalue weighted by Gasteiger charge is -2.44. The zero-order valence-corrected chi connectivity index (χ0v) is 26.6. The molecule has 3 fully saturated rings. The number of carbonyl (C=O) groups excluding carboxylic acids is 1. The third kappa shape index (κ3) is 8.19. The highest BCUT2D eigenvalue weighted by atomic mass is 32.2. The zero-order valence-electron chi connectivity index (χ0n) is 24.9. The average Bonchev–Trinajstić information content (AvgIpc) is 3.23. The molecule has 41 heavy (non-hydrogen) atoms. The summed E-state index contributed by atoms with van der Waals surface area (Å²) in [7, 11) is 4.07. The molecule has 0 saturated carbocycles. The summed E-state index contributed by atoms with van der Waals surface area (Å²) in [5, 5.41) is 38.6. The van der Waals surface area contributed by atoms with Gasteiger partial charge in [-0.15, -0.1) is 23.5 Å². The van der Waals surface area contributed by atoms with Crippen molar-refractivity contribution in [3.8, 4) is 0 Å². The smallest absolute Gasteiger partial charge is 0.240 e. The molecule has 1 aromatic carbocycles. The van der Waals surface area contributed by atoms with Gasteiger partial charge in [0.05, 0.1) is 12.1 Å². The Hall–Kier alpha value is -0.890. The summed E-state index contributed by atoms with van der Waals surface area (Å²) in [5.41, 5.74) is 0.476. The molecule has 11 atom stereocenters. The van der Waals surface area contributed by atoms with Crippen LogP contribution in [0.25, 0.3) is 0 Å². The minimum absolute atomic E-state index is 0.192. The Morgan fingerprint density at radius 1 is 1.17 bits per heavy atom. The topological polar surface area (TPSA) is 124 Å². The maximum Gasteiger partial charge on any atom is 0.240 e. The van der Waals surface area contributed by atoms with Crippen LogP contribution in [0.3, 0.4) is 0 Å². The Morgan fingerprint density at radius 2 is 1.90 bits per heavy atom. The van der Waals surface area contributed by atoms with Crippen molar-refractivity contribution in [1.82, 2.24) is 15.5 Å². The Morgan fingerprint density at radius 3 is 2.56 bits per heavy atom. The zero-order chi connectivity index (χ0) is 29.7. The van der Waals surface area contributed by atoms with Crippen LogP contribution in [-0.2, 0) is 20.8 Å². The largest absolute Gasteiger partial charge is 0.388 e. The van der Waals surface area contributed by atoms with E-state index in [2.05, 4.69) is 46.7 Å². The Labute approximate surface area is 253 Å². The molecule has 0 bridgehead atoms. The van der Waals surface area contributed by atoms with Gasteiger partial charge in [0, 0.05) is 29.8 Å². The quantitative estimate of drug-likeness (QED) is 0.238. The average molecular weight is 612 g/mol. The number of rotatable bonds is 11. The molecular weight excluding hydrogens is 562 g/mol. The van der Waals surface area contributed by atoms with E-state index in [0.29, 0.717) is 12.5 Å². The van der Waals surface area contributed by atoms with Gasteiger partial charge < -0.3 is 40.3 Å². The van der Waals surface area contributed by atoms with E-state index in [9.17, 15) is 20.1 Å². The number of hydrogen-bond donors (Lipinski definition) is 5. The molecule has 9 nitrogen and oxygen atoms in total.